The minimum absolute atomic E-state index is 0. The minimum atomic E-state index is 0. The summed E-state index contributed by atoms with van der Waals surface area (Å²) in [5.74, 6) is 0. The van der Waals surface area contributed by atoms with Gasteiger partial charge in [0.15, 0.2) is 0 Å². The van der Waals surface area contributed by atoms with Crippen LogP contribution < -0.4 is 0 Å². The first-order valence-corrected chi connectivity index (χ1v) is 0. The van der Waals surface area contributed by atoms with Crippen molar-refractivity contribution < 1.29 is 44.1 Å². The van der Waals surface area contributed by atoms with Crippen molar-refractivity contribution in [1.82, 2.24) is 0 Å². The van der Waals surface area contributed by atoms with Crippen LogP contribution in [0.4, 0.5) is 0 Å². The summed E-state index contributed by atoms with van der Waals surface area (Å²) in [7, 11) is 0. The van der Waals surface area contributed by atoms with Gasteiger partial charge in [0, 0.05) is 71.4 Å². The van der Waals surface area contributed by atoms with Gasteiger partial charge in [0.25, 0.3) is 0 Å². The van der Waals surface area contributed by atoms with E-state index in [1.165, 1.54) is 0 Å². The van der Waals surface area contributed by atoms with Crippen molar-refractivity contribution in [3.63, 3.8) is 0 Å². The van der Waals surface area contributed by atoms with Crippen molar-refractivity contribution in [1.29, 1.82) is 0 Å². The number of hydrogen-bond acceptors (Lipinski definition) is 0. The van der Waals surface area contributed by atoms with Gasteiger partial charge in [0.05, 0.1) is 0 Å². The molecule has 0 unspecified atom stereocenters. The van der Waals surface area contributed by atoms with E-state index in [-0.39, 0.29) is 78.8 Å². The largest absolute Gasteiger partial charge is 0.0776 e. The Morgan fingerprint density at radius 1 is 1.00 bits per heavy atom. The molecule has 0 heterocycles. The van der Waals surface area contributed by atoms with E-state index in [0.29, 0.717) is 0 Å². The van der Waals surface area contributed by atoms with Gasteiger partial charge < -0.3 is 0 Å². The molecule has 0 spiro atoms. The van der Waals surface area contributed by atoms with Crippen LogP contribution in [0.5, 0.6) is 0 Å². The fourth-order valence-electron chi connectivity index (χ4n) is 0. The van der Waals surface area contributed by atoms with E-state index in [4.69, 9.17) is 0 Å². The molecule has 0 fully saturated rings. The Balaban J connectivity index is 0. The second-order valence-electron chi connectivity index (χ2n) is 0. The number of hydrogen-bond donors (Lipinski definition) is 0. The molecule has 3 heteroatoms. The molecule has 0 N–H and O–H groups in total. The molecule has 0 bridgehead atoms. The molecule has 0 aliphatic rings. The van der Waals surface area contributed by atoms with E-state index >= 15 is 0 Å². The Kier molecular flexibility index (Phi) is 149. The van der Waals surface area contributed by atoms with Crippen LogP contribution in [0.3, 0.4) is 0 Å². The Bertz CT molecular complexity index is 8.00. The predicted octanol–water partition coefficient (Wildman–Crippen LogP) is 0.250. The van der Waals surface area contributed by atoms with E-state index in [1.54, 1.807) is 0 Å². The molecular formula is CH4AgTiTl. The molecule has 0 atom stereocenters. The van der Waals surface area contributed by atoms with Gasteiger partial charge in [0.1, 0.15) is 0 Å². The SMILES string of the molecule is C.[Ag].[Ti].[Tl]. The fraction of sp³-hybridized carbons (Fsp3) is 1.00. The van der Waals surface area contributed by atoms with E-state index in [2.05, 4.69) is 0 Å². The van der Waals surface area contributed by atoms with Gasteiger partial charge in [-0.15, -0.1) is 0 Å². The summed E-state index contributed by atoms with van der Waals surface area (Å²) in [6, 6.07) is 0. The van der Waals surface area contributed by atoms with Crippen LogP contribution in [0.25, 0.3) is 0 Å². The van der Waals surface area contributed by atoms with Crippen molar-refractivity contribution in [3.8, 4) is 0 Å². The maximum absolute atomic E-state index is 0. The monoisotopic (exact) mass is 376 g/mol. The molecule has 0 aromatic rings. The van der Waals surface area contributed by atoms with Gasteiger partial charge in [0.2, 0.25) is 0 Å². The van der Waals surface area contributed by atoms with E-state index < -0.39 is 0 Å². The van der Waals surface area contributed by atoms with E-state index in [9.17, 15) is 0 Å². The van der Waals surface area contributed by atoms with Crippen molar-refractivity contribution in [2.45, 2.75) is 7.43 Å². The van der Waals surface area contributed by atoms with Crippen molar-refractivity contribution in [2.75, 3.05) is 0 Å². The first kappa shape index (κ1) is 32.6. The van der Waals surface area contributed by atoms with E-state index in [0.717, 1.165) is 0 Å². The van der Waals surface area contributed by atoms with Crippen LogP contribution in [0.15, 0.2) is 0 Å². The fourth-order valence-corrected chi connectivity index (χ4v) is 0. The molecule has 0 aliphatic carbocycles. The molecule has 0 saturated carbocycles. The molecule has 0 aromatic carbocycles. The molecule has 0 saturated heterocycles. The zero-order valence-corrected chi connectivity index (χ0v) is 8.91. The summed E-state index contributed by atoms with van der Waals surface area (Å²) in [5, 5.41) is 0. The summed E-state index contributed by atoms with van der Waals surface area (Å²) in [4.78, 5) is 0. The molecule has 0 nitrogen and oxygen atoms in total. The molecule has 0 rings (SSSR count). The van der Waals surface area contributed by atoms with Crippen LogP contribution in [-0.4, -0.2) is 27.3 Å². The van der Waals surface area contributed by atoms with Gasteiger partial charge in [-0.2, -0.15) is 0 Å². The Morgan fingerprint density at radius 3 is 1.00 bits per heavy atom. The summed E-state index contributed by atoms with van der Waals surface area (Å²) in [6.07, 6.45) is 0. The topological polar surface area (TPSA) is 0 Å². The third kappa shape index (κ3) is 8.83. The van der Waals surface area contributed by atoms with Crippen LogP contribution >= 0.6 is 0 Å². The predicted molar refractivity (Wildman–Crippen MR) is 12.5 cm³/mol. The second-order valence-corrected chi connectivity index (χ2v) is 0. The van der Waals surface area contributed by atoms with Crippen molar-refractivity contribution >= 4 is 27.3 Å². The molecule has 0 aromatic heterocycles. The Hall–Kier alpha value is 2.38. The van der Waals surface area contributed by atoms with Gasteiger partial charge in [-0.1, -0.05) is 7.43 Å². The average Bonchev–Trinajstić information content (AvgIpc) is 0. The molecule has 4 heavy (non-hydrogen) atoms. The van der Waals surface area contributed by atoms with Crippen LogP contribution in [0, 0.1) is 0 Å². The standard InChI is InChI=1S/CH4.Ag.Ti.Tl/h1H4;;;. The summed E-state index contributed by atoms with van der Waals surface area (Å²) in [6.45, 7) is 0. The first-order valence-electron chi connectivity index (χ1n) is 0. The van der Waals surface area contributed by atoms with E-state index in [1.807, 2.05) is 0 Å². The van der Waals surface area contributed by atoms with Gasteiger partial charge in [-0.05, 0) is 0 Å². The van der Waals surface area contributed by atoms with Crippen molar-refractivity contribution in [3.05, 3.63) is 0 Å². The molecule has 26 valence electrons. The van der Waals surface area contributed by atoms with Gasteiger partial charge in [-0.25, -0.2) is 0 Å². The zero-order chi connectivity index (χ0) is 0. The normalized spacial score (nSPS) is 0. The third-order valence-electron chi connectivity index (χ3n) is 0. The molecule has 2 radical (unpaired) electrons. The quantitative estimate of drug-likeness (QED) is 0.532. The number of rotatable bonds is 0. The Labute approximate surface area is 77.7 Å². The van der Waals surface area contributed by atoms with Gasteiger partial charge in [-0.3, -0.25) is 0 Å². The third-order valence-corrected chi connectivity index (χ3v) is 0. The summed E-state index contributed by atoms with van der Waals surface area (Å²) >= 11 is 0. The first-order chi connectivity index (χ1) is 0. The summed E-state index contributed by atoms with van der Waals surface area (Å²) in [5.41, 5.74) is 0. The Morgan fingerprint density at radius 2 is 1.00 bits per heavy atom. The molecule has 0 aliphatic heterocycles. The average molecular weight is 376 g/mol. The van der Waals surface area contributed by atoms with Crippen molar-refractivity contribution in [2.24, 2.45) is 0 Å². The summed E-state index contributed by atoms with van der Waals surface area (Å²) < 4.78 is 0. The molecule has 0 amide bonds. The maximum atomic E-state index is 0. The minimum Gasteiger partial charge on any atom is -0.0776 e. The second kappa shape index (κ2) is 18.2. The molecular weight excluding hydrogens is 372 g/mol. The van der Waals surface area contributed by atoms with Crippen LogP contribution in [0.2, 0.25) is 0 Å². The van der Waals surface area contributed by atoms with Crippen LogP contribution in [0.1, 0.15) is 7.43 Å². The van der Waals surface area contributed by atoms with Crippen LogP contribution in [-0.2, 0) is 44.1 Å². The zero-order valence-electron chi connectivity index (χ0n) is 1.38. The smallest absolute Gasteiger partial charge is 0 e. The maximum Gasteiger partial charge on any atom is 0 e. The van der Waals surface area contributed by atoms with Gasteiger partial charge >= 0.3 is 0 Å².